The molecule has 0 fully saturated rings. The van der Waals surface area contributed by atoms with Gasteiger partial charge in [-0.3, -0.25) is 24.1 Å². The number of carbonyl (C=O) groups is 5. The molecule has 2 unspecified atom stereocenters. The van der Waals surface area contributed by atoms with Gasteiger partial charge >= 0.3 is 18.1 Å². The molecular weight excluding hydrogens is 497 g/mol. The molecule has 12 heteroatoms. The molecule has 0 aromatic heterocycles. The molecule has 2 aromatic carbocycles. The third kappa shape index (κ3) is 5.04. The number of alkyl halides is 3. The van der Waals surface area contributed by atoms with Crippen LogP contribution in [0.3, 0.4) is 0 Å². The van der Waals surface area contributed by atoms with Crippen LogP contribution in [0.5, 0.6) is 0 Å². The molecular formula is C25H23F3N2O7. The van der Waals surface area contributed by atoms with Crippen molar-refractivity contribution < 1.29 is 46.6 Å². The number of hydrogen-bond acceptors (Lipinski definition) is 7. The summed E-state index contributed by atoms with van der Waals surface area (Å²) in [4.78, 5) is 63.8. The quantitative estimate of drug-likeness (QED) is 0.420. The van der Waals surface area contributed by atoms with Crippen LogP contribution in [-0.2, 0) is 29.4 Å². The molecule has 0 aliphatic carbocycles. The predicted octanol–water partition coefficient (Wildman–Crippen LogP) is 2.60. The summed E-state index contributed by atoms with van der Waals surface area (Å²) in [7, 11) is 0.736. The van der Waals surface area contributed by atoms with E-state index in [1.54, 1.807) is 5.32 Å². The van der Waals surface area contributed by atoms with E-state index >= 15 is 0 Å². The Balaban J connectivity index is 1.86. The SMILES string of the molecule is COC(=O)C(NC(=O)C(OC(=O)CN1C(=O)c2ccccc2C1=O)C(C)C)(c1ccccc1)C(F)(F)F. The summed E-state index contributed by atoms with van der Waals surface area (Å²) in [6, 6.07) is 11.8. The number of carbonyl (C=O) groups excluding carboxylic acids is 5. The standard InChI is InChI=1S/C25H23F3N2O7/c1-14(2)19(37-18(31)13-30-21(33)16-11-7-8-12-17(16)22(30)34)20(32)29-24(23(35)36-3,25(26,27)28)15-9-5-4-6-10-15/h4-12,14,19H,13H2,1-3H3,(H,29,32). The number of imide groups is 1. The van der Waals surface area contributed by atoms with E-state index in [4.69, 9.17) is 4.74 Å². The average molecular weight is 520 g/mol. The Labute approximate surface area is 209 Å². The van der Waals surface area contributed by atoms with Crippen molar-refractivity contribution in [3.63, 3.8) is 0 Å². The van der Waals surface area contributed by atoms with Crippen LogP contribution >= 0.6 is 0 Å². The van der Waals surface area contributed by atoms with Gasteiger partial charge in [0.15, 0.2) is 6.10 Å². The van der Waals surface area contributed by atoms with Crippen LogP contribution < -0.4 is 5.32 Å². The van der Waals surface area contributed by atoms with Gasteiger partial charge in [-0.25, -0.2) is 4.79 Å². The largest absolute Gasteiger partial charge is 0.467 e. The third-order valence-electron chi connectivity index (χ3n) is 5.72. The van der Waals surface area contributed by atoms with Gasteiger partial charge in [0.2, 0.25) is 0 Å². The first-order chi connectivity index (χ1) is 17.3. The van der Waals surface area contributed by atoms with Gasteiger partial charge in [0.05, 0.1) is 18.2 Å². The molecule has 196 valence electrons. The summed E-state index contributed by atoms with van der Waals surface area (Å²) >= 11 is 0. The second-order valence-corrected chi connectivity index (χ2v) is 8.49. The summed E-state index contributed by atoms with van der Waals surface area (Å²) < 4.78 is 52.6. The molecule has 0 saturated heterocycles. The lowest BCUT2D eigenvalue weighted by atomic mass is 9.88. The van der Waals surface area contributed by atoms with Gasteiger partial charge in [0.25, 0.3) is 23.3 Å². The molecule has 0 spiro atoms. The van der Waals surface area contributed by atoms with Crippen molar-refractivity contribution in [1.82, 2.24) is 10.2 Å². The lowest BCUT2D eigenvalue weighted by Crippen LogP contribution is -2.63. The highest BCUT2D eigenvalue weighted by Gasteiger charge is 2.64. The van der Waals surface area contributed by atoms with Gasteiger partial charge in [-0.15, -0.1) is 0 Å². The zero-order chi connectivity index (χ0) is 27.5. The summed E-state index contributed by atoms with van der Waals surface area (Å²) in [6.45, 7) is 1.92. The average Bonchev–Trinajstić information content (AvgIpc) is 3.09. The van der Waals surface area contributed by atoms with Crippen LogP contribution in [0.25, 0.3) is 0 Å². The van der Waals surface area contributed by atoms with Crippen LogP contribution in [0.4, 0.5) is 13.2 Å². The molecule has 1 heterocycles. The molecule has 9 nitrogen and oxygen atoms in total. The number of methoxy groups -OCH3 is 1. The second-order valence-electron chi connectivity index (χ2n) is 8.49. The zero-order valence-electron chi connectivity index (χ0n) is 20.0. The van der Waals surface area contributed by atoms with Crippen molar-refractivity contribution in [2.75, 3.05) is 13.7 Å². The van der Waals surface area contributed by atoms with Crippen LogP contribution in [0.1, 0.15) is 40.1 Å². The van der Waals surface area contributed by atoms with E-state index < -0.39 is 65.5 Å². The Morgan fingerprint density at radius 2 is 1.43 bits per heavy atom. The minimum Gasteiger partial charge on any atom is -0.467 e. The van der Waals surface area contributed by atoms with E-state index in [2.05, 4.69) is 4.74 Å². The number of halogens is 3. The Hall–Kier alpha value is -4.22. The highest BCUT2D eigenvalue weighted by molar-refractivity contribution is 6.22. The minimum absolute atomic E-state index is 0.0781. The maximum absolute atomic E-state index is 14.4. The summed E-state index contributed by atoms with van der Waals surface area (Å²) in [6.07, 6.45) is -7.15. The first kappa shape index (κ1) is 27.4. The Morgan fingerprint density at radius 3 is 1.89 bits per heavy atom. The Bertz CT molecular complexity index is 1200. The second kappa shape index (κ2) is 10.4. The summed E-state index contributed by atoms with van der Waals surface area (Å²) in [5.41, 5.74) is -4.06. The molecule has 0 saturated carbocycles. The number of ether oxygens (including phenoxy) is 2. The van der Waals surface area contributed by atoms with Gasteiger partial charge in [-0.05, 0) is 23.6 Å². The van der Waals surface area contributed by atoms with Crippen molar-refractivity contribution in [3.05, 3.63) is 71.3 Å². The number of nitrogens with zero attached hydrogens (tertiary/aromatic N) is 1. The molecule has 1 aliphatic rings. The van der Waals surface area contributed by atoms with E-state index in [1.165, 1.54) is 56.3 Å². The molecule has 2 aromatic rings. The molecule has 1 aliphatic heterocycles. The maximum Gasteiger partial charge on any atom is 0.426 e. The molecule has 1 N–H and O–H groups in total. The van der Waals surface area contributed by atoms with Crippen molar-refractivity contribution in [1.29, 1.82) is 0 Å². The van der Waals surface area contributed by atoms with E-state index in [-0.39, 0.29) is 11.1 Å². The lowest BCUT2D eigenvalue weighted by molar-refractivity contribution is -0.217. The van der Waals surface area contributed by atoms with Gasteiger partial charge < -0.3 is 14.8 Å². The van der Waals surface area contributed by atoms with Crippen LogP contribution in [0.2, 0.25) is 0 Å². The number of hydrogen-bond donors (Lipinski definition) is 1. The molecule has 37 heavy (non-hydrogen) atoms. The number of benzene rings is 2. The topological polar surface area (TPSA) is 119 Å². The predicted molar refractivity (Wildman–Crippen MR) is 121 cm³/mol. The number of esters is 2. The van der Waals surface area contributed by atoms with Crippen molar-refractivity contribution in [3.8, 4) is 0 Å². The van der Waals surface area contributed by atoms with Crippen molar-refractivity contribution in [2.24, 2.45) is 5.92 Å². The normalized spacial score (nSPS) is 15.6. The highest BCUT2D eigenvalue weighted by Crippen LogP contribution is 2.40. The third-order valence-corrected chi connectivity index (χ3v) is 5.72. The first-order valence-electron chi connectivity index (χ1n) is 11.0. The van der Waals surface area contributed by atoms with E-state index in [0.29, 0.717) is 4.90 Å². The van der Waals surface area contributed by atoms with E-state index in [0.717, 1.165) is 19.2 Å². The minimum atomic E-state index is -5.34. The van der Waals surface area contributed by atoms with Crippen molar-refractivity contribution in [2.45, 2.75) is 31.7 Å². The fourth-order valence-electron chi connectivity index (χ4n) is 3.87. The fourth-order valence-corrected chi connectivity index (χ4v) is 3.87. The number of amides is 3. The number of fused-ring (bicyclic) bond motifs is 1. The number of rotatable bonds is 8. The first-order valence-corrected chi connectivity index (χ1v) is 11.0. The summed E-state index contributed by atoms with van der Waals surface area (Å²) in [5, 5.41) is 1.69. The Morgan fingerprint density at radius 1 is 0.919 bits per heavy atom. The van der Waals surface area contributed by atoms with Crippen LogP contribution in [0, 0.1) is 5.92 Å². The monoisotopic (exact) mass is 520 g/mol. The highest BCUT2D eigenvalue weighted by atomic mass is 19.4. The molecule has 3 amide bonds. The zero-order valence-corrected chi connectivity index (χ0v) is 20.0. The van der Waals surface area contributed by atoms with Gasteiger partial charge in [-0.2, -0.15) is 13.2 Å². The fraction of sp³-hybridized carbons (Fsp3) is 0.320. The van der Waals surface area contributed by atoms with Crippen LogP contribution in [-0.4, -0.2) is 60.5 Å². The van der Waals surface area contributed by atoms with Gasteiger partial charge in [0.1, 0.15) is 6.54 Å². The van der Waals surface area contributed by atoms with E-state index in [1.807, 2.05) is 0 Å². The van der Waals surface area contributed by atoms with Crippen LogP contribution in [0.15, 0.2) is 54.6 Å². The number of nitrogens with one attached hydrogen (secondary N) is 1. The van der Waals surface area contributed by atoms with Crippen molar-refractivity contribution >= 4 is 29.7 Å². The van der Waals surface area contributed by atoms with Gasteiger partial charge in [-0.1, -0.05) is 56.3 Å². The Kier molecular flexibility index (Phi) is 7.70. The molecule has 0 radical (unpaired) electrons. The molecule has 0 bridgehead atoms. The maximum atomic E-state index is 14.4. The lowest BCUT2D eigenvalue weighted by Gasteiger charge is -2.35. The van der Waals surface area contributed by atoms with Gasteiger partial charge in [0, 0.05) is 0 Å². The van der Waals surface area contributed by atoms with E-state index in [9.17, 15) is 37.1 Å². The summed E-state index contributed by atoms with van der Waals surface area (Å²) in [5.74, 6) is -6.82. The molecule has 3 rings (SSSR count). The molecule has 2 atom stereocenters. The smallest absolute Gasteiger partial charge is 0.426 e.